The molecule has 0 saturated carbocycles. The van der Waals surface area contributed by atoms with Gasteiger partial charge in [0, 0.05) is 28.2 Å². The fraction of sp³-hybridized carbons (Fsp3) is 0. The van der Waals surface area contributed by atoms with Crippen LogP contribution in [0.3, 0.4) is 0 Å². The van der Waals surface area contributed by atoms with E-state index in [-0.39, 0.29) is 5.91 Å². The fourth-order valence-electron chi connectivity index (χ4n) is 2.34. The minimum atomic E-state index is -0.0723. The first kappa shape index (κ1) is 12.2. The molecule has 4 rings (SSSR count). The van der Waals surface area contributed by atoms with Crippen molar-refractivity contribution < 1.29 is 4.79 Å². The fourth-order valence-corrected chi connectivity index (χ4v) is 3.28. The average Bonchev–Trinajstić information content (AvgIpc) is 2.91. The van der Waals surface area contributed by atoms with Gasteiger partial charge in [-0.1, -0.05) is 23.9 Å². The lowest BCUT2D eigenvalue weighted by Gasteiger charge is -2.18. The van der Waals surface area contributed by atoms with Gasteiger partial charge in [0.25, 0.3) is 5.91 Å². The molecule has 0 bridgehead atoms. The predicted molar refractivity (Wildman–Crippen MR) is 85.0 cm³/mol. The summed E-state index contributed by atoms with van der Waals surface area (Å²) in [6.45, 7) is 0. The predicted octanol–water partition coefficient (Wildman–Crippen LogP) is 3.65. The molecule has 0 atom stereocenters. The molecule has 0 saturated heterocycles. The van der Waals surface area contributed by atoms with Crippen molar-refractivity contribution in [3.05, 3.63) is 59.3 Å². The van der Waals surface area contributed by atoms with Crippen molar-refractivity contribution in [2.75, 3.05) is 5.32 Å². The van der Waals surface area contributed by atoms with E-state index in [1.54, 1.807) is 6.20 Å². The number of rotatable bonds is 1. The van der Waals surface area contributed by atoms with Crippen molar-refractivity contribution >= 4 is 40.5 Å². The van der Waals surface area contributed by atoms with Crippen molar-refractivity contribution in [2.24, 2.45) is 0 Å². The molecule has 21 heavy (non-hydrogen) atoms. The van der Waals surface area contributed by atoms with Crippen LogP contribution in [-0.4, -0.2) is 15.9 Å². The highest BCUT2D eigenvalue weighted by molar-refractivity contribution is 8.04. The third-order valence-electron chi connectivity index (χ3n) is 3.35. The molecule has 3 aromatic rings. The number of hydrogen-bond acceptors (Lipinski definition) is 3. The molecule has 0 unspecified atom stereocenters. The van der Waals surface area contributed by atoms with Crippen LogP contribution < -0.4 is 5.32 Å². The number of nitrogens with zero attached hydrogens (tertiary/aromatic N) is 1. The second-order valence-corrected chi connectivity index (χ2v) is 5.79. The second-order valence-electron chi connectivity index (χ2n) is 4.70. The normalized spacial score (nSPS) is 16.0. The summed E-state index contributed by atoms with van der Waals surface area (Å²) in [7, 11) is 0. The van der Waals surface area contributed by atoms with Gasteiger partial charge in [-0.3, -0.25) is 4.79 Å². The molecule has 2 N–H and O–H groups in total. The molecule has 4 nitrogen and oxygen atoms in total. The Bertz CT molecular complexity index is 882. The van der Waals surface area contributed by atoms with E-state index >= 15 is 0 Å². The Morgan fingerprint density at radius 3 is 3.00 bits per heavy atom. The smallest absolute Gasteiger partial charge is 0.262 e. The number of carbonyl (C=O) groups is 1. The van der Waals surface area contributed by atoms with Crippen LogP contribution in [0.2, 0.25) is 0 Å². The van der Waals surface area contributed by atoms with Gasteiger partial charge in [-0.2, -0.15) is 0 Å². The van der Waals surface area contributed by atoms with E-state index in [0.717, 1.165) is 27.2 Å². The Kier molecular flexibility index (Phi) is 2.79. The molecule has 5 heteroatoms. The quantitative estimate of drug-likeness (QED) is 0.673. The van der Waals surface area contributed by atoms with Gasteiger partial charge in [0.2, 0.25) is 0 Å². The summed E-state index contributed by atoms with van der Waals surface area (Å²) in [4.78, 5) is 21.3. The molecule has 2 aromatic heterocycles. The van der Waals surface area contributed by atoms with E-state index in [0.29, 0.717) is 4.91 Å². The summed E-state index contributed by atoms with van der Waals surface area (Å²) in [6.07, 6.45) is 5.52. The number of H-pyrrole nitrogens is 1. The number of amides is 1. The van der Waals surface area contributed by atoms with Crippen LogP contribution in [0.15, 0.2) is 58.6 Å². The summed E-state index contributed by atoms with van der Waals surface area (Å²) >= 11 is 1.49. The van der Waals surface area contributed by atoms with Crippen molar-refractivity contribution in [3.8, 4) is 0 Å². The summed E-state index contributed by atoms with van der Waals surface area (Å²) in [5.41, 5.74) is 2.66. The maximum absolute atomic E-state index is 12.2. The van der Waals surface area contributed by atoms with Gasteiger partial charge in [-0.25, -0.2) is 4.98 Å². The van der Waals surface area contributed by atoms with Crippen LogP contribution in [0, 0.1) is 0 Å². The number of benzene rings is 1. The van der Waals surface area contributed by atoms with Gasteiger partial charge in [-0.15, -0.1) is 0 Å². The first-order chi connectivity index (χ1) is 10.3. The number of aromatic nitrogens is 2. The molecular formula is C16H11N3OS. The highest BCUT2D eigenvalue weighted by Gasteiger charge is 2.20. The van der Waals surface area contributed by atoms with Gasteiger partial charge < -0.3 is 10.3 Å². The van der Waals surface area contributed by atoms with Crippen LogP contribution in [0.4, 0.5) is 5.69 Å². The Hall–Kier alpha value is -2.53. The van der Waals surface area contributed by atoms with E-state index in [1.165, 1.54) is 11.8 Å². The zero-order chi connectivity index (χ0) is 14.2. The molecule has 0 radical (unpaired) electrons. The molecular weight excluding hydrogens is 282 g/mol. The number of hydrogen-bond donors (Lipinski definition) is 2. The number of thioether (sulfide) groups is 1. The maximum atomic E-state index is 12.2. The first-order valence-electron chi connectivity index (χ1n) is 6.53. The molecule has 0 spiro atoms. The highest BCUT2D eigenvalue weighted by atomic mass is 32.2. The summed E-state index contributed by atoms with van der Waals surface area (Å²) < 4.78 is 0. The zero-order valence-corrected chi connectivity index (χ0v) is 11.8. The average molecular weight is 293 g/mol. The topological polar surface area (TPSA) is 57.8 Å². The molecule has 102 valence electrons. The molecule has 0 aliphatic carbocycles. The Morgan fingerprint density at radius 1 is 1.14 bits per heavy atom. The van der Waals surface area contributed by atoms with E-state index in [1.807, 2.05) is 48.7 Å². The largest absolute Gasteiger partial charge is 0.346 e. The van der Waals surface area contributed by atoms with Gasteiger partial charge in [-0.05, 0) is 30.3 Å². The third kappa shape index (κ3) is 2.11. The van der Waals surface area contributed by atoms with Crippen LogP contribution in [0.25, 0.3) is 17.1 Å². The molecule has 1 aliphatic rings. The maximum Gasteiger partial charge on any atom is 0.262 e. The SMILES string of the molecule is O=C1Nc2ccccc2SC1=Cc1c[nH]c2ncccc12. The Labute approximate surface area is 125 Å². The van der Waals surface area contributed by atoms with Crippen LogP contribution in [0.5, 0.6) is 0 Å². The number of anilines is 1. The van der Waals surface area contributed by atoms with Crippen LogP contribution in [0.1, 0.15) is 5.56 Å². The number of aromatic amines is 1. The monoisotopic (exact) mass is 293 g/mol. The Morgan fingerprint density at radius 2 is 2.05 bits per heavy atom. The van der Waals surface area contributed by atoms with Crippen molar-refractivity contribution in [1.82, 2.24) is 9.97 Å². The lowest BCUT2D eigenvalue weighted by Crippen LogP contribution is -2.16. The van der Waals surface area contributed by atoms with Crippen molar-refractivity contribution in [1.29, 1.82) is 0 Å². The minimum absolute atomic E-state index is 0.0723. The molecule has 1 aromatic carbocycles. The third-order valence-corrected chi connectivity index (χ3v) is 4.45. The van der Waals surface area contributed by atoms with Gasteiger partial charge in [0.05, 0.1) is 10.6 Å². The first-order valence-corrected chi connectivity index (χ1v) is 7.35. The minimum Gasteiger partial charge on any atom is -0.346 e. The van der Waals surface area contributed by atoms with Crippen molar-refractivity contribution in [2.45, 2.75) is 4.90 Å². The molecule has 1 amide bonds. The summed E-state index contributed by atoms with van der Waals surface area (Å²) in [5.74, 6) is -0.0723. The number of carbonyl (C=O) groups excluding carboxylic acids is 1. The van der Waals surface area contributed by atoms with Gasteiger partial charge in [0.1, 0.15) is 5.65 Å². The number of nitrogens with one attached hydrogen (secondary N) is 2. The summed E-state index contributed by atoms with van der Waals surface area (Å²) in [5, 5.41) is 3.93. The lowest BCUT2D eigenvalue weighted by molar-refractivity contribution is -0.112. The highest BCUT2D eigenvalue weighted by Crippen LogP contribution is 2.38. The van der Waals surface area contributed by atoms with Crippen LogP contribution >= 0.6 is 11.8 Å². The summed E-state index contributed by atoms with van der Waals surface area (Å²) in [6, 6.07) is 11.7. The lowest BCUT2D eigenvalue weighted by atomic mass is 10.2. The van der Waals surface area contributed by atoms with Gasteiger partial charge >= 0.3 is 0 Å². The number of para-hydroxylation sites is 1. The van der Waals surface area contributed by atoms with E-state index in [2.05, 4.69) is 15.3 Å². The second kappa shape index (κ2) is 4.79. The number of pyridine rings is 1. The van der Waals surface area contributed by atoms with Gasteiger partial charge in [0.15, 0.2) is 0 Å². The molecule has 1 aliphatic heterocycles. The standard InChI is InChI=1S/C16H11N3OS/c20-16-14(21-13-6-2-1-5-12(13)19-16)8-10-9-18-15-11(10)4-3-7-17-15/h1-9H,(H,17,18)(H,19,20). The zero-order valence-electron chi connectivity index (χ0n) is 11.0. The molecule has 3 heterocycles. The van der Waals surface area contributed by atoms with E-state index in [4.69, 9.17) is 0 Å². The van der Waals surface area contributed by atoms with E-state index in [9.17, 15) is 4.79 Å². The molecule has 0 fully saturated rings. The Balaban J connectivity index is 1.78. The van der Waals surface area contributed by atoms with E-state index < -0.39 is 0 Å². The van der Waals surface area contributed by atoms with Crippen molar-refractivity contribution in [3.63, 3.8) is 0 Å². The number of fused-ring (bicyclic) bond motifs is 2. The van der Waals surface area contributed by atoms with Crippen LogP contribution in [-0.2, 0) is 4.79 Å².